The van der Waals surface area contributed by atoms with E-state index in [9.17, 15) is 0 Å². The number of para-hydroxylation sites is 1. The summed E-state index contributed by atoms with van der Waals surface area (Å²) in [6, 6.07) is 8.20. The van der Waals surface area contributed by atoms with Gasteiger partial charge in [0.05, 0.1) is 5.69 Å². The summed E-state index contributed by atoms with van der Waals surface area (Å²) in [5.41, 5.74) is 4.19. The van der Waals surface area contributed by atoms with Crippen LogP contribution in [0.3, 0.4) is 0 Å². The molecule has 4 nitrogen and oxygen atoms in total. The molecule has 0 aliphatic rings. The molecule has 22 heavy (non-hydrogen) atoms. The van der Waals surface area contributed by atoms with Crippen molar-refractivity contribution >= 4 is 17.1 Å². The van der Waals surface area contributed by atoms with E-state index in [1.807, 2.05) is 26.2 Å². The summed E-state index contributed by atoms with van der Waals surface area (Å²) >= 11 is 0. The molecular weight excluding hydrogens is 272 g/mol. The Morgan fingerprint density at radius 2 is 1.91 bits per heavy atom. The van der Waals surface area contributed by atoms with Crippen LogP contribution in [-0.4, -0.2) is 39.4 Å². The highest BCUT2D eigenvalue weighted by Crippen LogP contribution is 2.24. The lowest BCUT2D eigenvalue weighted by molar-refractivity contribution is 0.698. The highest BCUT2D eigenvalue weighted by Gasteiger charge is 2.06. The molecule has 0 aliphatic carbocycles. The minimum Gasteiger partial charge on any atom is -0.385 e. The molecule has 0 fully saturated rings. The van der Waals surface area contributed by atoms with Crippen LogP contribution < -0.4 is 16.0 Å². The van der Waals surface area contributed by atoms with Crippen LogP contribution in [0.2, 0.25) is 0 Å². The van der Waals surface area contributed by atoms with Gasteiger partial charge in [0.2, 0.25) is 0 Å². The Kier molecular flexibility index (Phi) is 9.19. The Morgan fingerprint density at radius 1 is 1.14 bits per heavy atom. The van der Waals surface area contributed by atoms with Crippen LogP contribution in [0.25, 0.3) is 5.70 Å². The molecular formula is C18H30N4. The van der Waals surface area contributed by atoms with Crippen molar-refractivity contribution < 1.29 is 0 Å². The third-order valence-electron chi connectivity index (χ3n) is 3.37. The van der Waals surface area contributed by atoms with Gasteiger partial charge in [0.1, 0.15) is 0 Å². The molecule has 0 heterocycles. The van der Waals surface area contributed by atoms with Crippen LogP contribution in [0.5, 0.6) is 0 Å². The molecule has 0 aromatic heterocycles. The number of nitrogens with zero attached hydrogens (tertiary/aromatic N) is 1. The van der Waals surface area contributed by atoms with Crippen LogP contribution in [-0.2, 0) is 0 Å². The molecule has 1 aromatic rings. The van der Waals surface area contributed by atoms with Crippen molar-refractivity contribution in [3.63, 3.8) is 0 Å². The molecule has 1 rings (SSSR count). The smallest absolute Gasteiger partial charge is 0.0722 e. The van der Waals surface area contributed by atoms with Crippen molar-refractivity contribution in [1.82, 2.24) is 16.0 Å². The maximum Gasteiger partial charge on any atom is 0.0722 e. The topological polar surface area (TPSA) is 48.5 Å². The van der Waals surface area contributed by atoms with Gasteiger partial charge in [-0.2, -0.15) is 0 Å². The molecule has 1 aromatic carbocycles. The maximum absolute atomic E-state index is 4.84. The number of hydrogen-bond donors (Lipinski definition) is 3. The van der Waals surface area contributed by atoms with Gasteiger partial charge in [-0.15, -0.1) is 0 Å². The van der Waals surface area contributed by atoms with Crippen molar-refractivity contribution in [1.29, 1.82) is 0 Å². The number of rotatable bonds is 11. The number of aliphatic imine (C=N–C) groups is 1. The van der Waals surface area contributed by atoms with Crippen LogP contribution in [0, 0.1) is 0 Å². The van der Waals surface area contributed by atoms with E-state index in [2.05, 4.69) is 41.6 Å². The summed E-state index contributed by atoms with van der Waals surface area (Å²) in [6.07, 6.45) is 3.19. The van der Waals surface area contributed by atoms with Crippen molar-refractivity contribution in [3.8, 4) is 0 Å². The van der Waals surface area contributed by atoms with E-state index in [-0.39, 0.29) is 0 Å². The predicted octanol–water partition coefficient (Wildman–Crippen LogP) is 2.95. The van der Waals surface area contributed by atoms with Crippen LogP contribution >= 0.6 is 0 Å². The Bertz CT molecular complexity index is 472. The summed E-state index contributed by atoms with van der Waals surface area (Å²) in [4.78, 5) is 4.84. The van der Waals surface area contributed by atoms with E-state index >= 15 is 0 Å². The second kappa shape index (κ2) is 11.0. The van der Waals surface area contributed by atoms with Crippen LogP contribution in [0.4, 0.5) is 5.69 Å². The molecule has 0 radical (unpaired) electrons. The highest BCUT2D eigenvalue weighted by atomic mass is 14.9. The molecule has 0 unspecified atom stereocenters. The van der Waals surface area contributed by atoms with Gasteiger partial charge in [-0.3, -0.25) is 4.99 Å². The molecule has 0 saturated carbocycles. The van der Waals surface area contributed by atoms with Crippen molar-refractivity contribution in [3.05, 3.63) is 36.4 Å². The molecule has 0 atom stereocenters. The lowest BCUT2D eigenvalue weighted by Gasteiger charge is -2.13. The maximum atomic E-state index is 4.84. The van der Waals surface area contributed by atoms with Gasteiger partial charge in [-0.1, -0.05) is 38.1 Å². The van der Waals surface area contributed by atoms with Gasteiger partial charge in [0, 0.05) is 30.1 Å². The summed E-state index contributed by atoms with van der Waals surface area (Å²) in [5.74, 6) is 0. The fourth-order valence-electron chi connectivity index (χ4n) is 2.27. The number of benzene rings is 1. The fraction of sp³-hybridized carbons (Fsp3) is 0.500. The van der Waals surface area contributed by atoms with E-state index in [1.54, 1.807) is 0 Å². The second-order valence-corrected chi connectivity index (χ2v) is 5.34. The molecule has 0 aliphatic heterocycles. The second-order valence-electron chi connectivity index (χ2n) is 5.34. The first kappa shape index (κ1) is 18.4. The highest BCUT2D eigenvalue weighted by molar-refractivity contribution is 5.90. The van der Waals surface area contributed by atoms with E-state index in [0.717, 1.165) is 55.8 Å². The Hall–Kier alpha value is -1.65. The number of nitrogens with one attached hydrogen (secondary N) is 3. The first-order valence-electron chi connectivity index (χ1n) is 8.10. The Morgan fingerprint density at radius 3 is 2.59 bits per heavy atom. The van der Waals surface area contributed by atoms with Crippen molar-refractivity contribution in [2.75, 3.05) is 33.7 Å². The molecule has 0 amide bonds. The predicted molar refractivity (Wildman–Crippen MR) is 98.0 cm³/mol. The zero-order valence-electron chi connectivity index (χ0n) is 14.2. The lowest BCUT2D eigenvalue weighted by Crippen LogP contribution is -2.19. The Balaban J connectivity index is 2.83. The number of hydrogen-bond acceptors (Lipinski definition) is 4. The third-order valence-corrected chi connectivity index (χ3v) is 3.37. The monoisotopic (exact) mass is 302 g/mol. The first-order chi connectivity index (χ1) is 10.7. The molecule has 0 saturated heterocycles. The summed E-state index contributed by atoms with van der Waals surface area (Å²) in [6.45, 7) is 9.09. The van der Waals surface area contributed by atoms with Crippen molar-refractivity contribution in [2.45, 2.75) is 26.2 Å². The molecule has 0 spiro atoms. The van der Waals surface area contributed by atoms with Gasteiger partial charge in [0.15, 0.2) is 0 Å². The zero-order chi connectivity index (χ0) is 16.2. The summed E-state index contributed by atoms with van der Waals surface area (Å²) < 4.78 is 0. The van der Waals surface area contributed by atoms with Gasteiger partial charge < -0.3 is 16.0 Å². The average Bonchev–Trinajstić information content (AvgIpc) is 2.52. The average molecular weight is 302 g/mol. The molecule has 4 heteroatoms. The third kappa shape index (κ3) is 6.41. The largest absolute Gasteiger partial charge is 0.385 e. The fourth-order valence-corrected chi connectivity index (χ4v) is 2.27. The van der Waals surface area contributed by atoms with Gasteiger partial charge in [-0.05, 0) is 39.5 Å². The molecule has 3 N–H and O–H groups in total. The molecule has 0 bridgehead atoms. The van der Waals surface area contributed by atoms with E-state index in [0.29, 0.717) is 0 Å². The van der Waals surface area contributed by atoms with Gasteiger partial charge in [-0.25, -0.2) is 0 Å². The Labute approximate surface area is 135 Å². The quantitative estimate of drug-likeness (QED) is 0.435. The van der Waals surface area contributed by atoms with Crippen LogP contribution in [0.15, 0.2) is 35.8 Å². The SMILES string of the molecule is C=C(NCCCNC)c1ccccc1N=C(CCC)CNC. The summed E-state index contributed by atoms with van der Waals surface area (Å²) in [7, 11) is 3.93. The summed E-state index contributed by atoms with van der Waals surface area (Å²) in [5, 5.41) is 9.73. The first-order valence-corrected chi connectivity index (χ1v) is 8.10. The minimum atomic E-state index is 0.824. The van der Waals surface area contributed by atoms with E-state index in [1.165, 1.54) is 5.71 Å². The normalized spacial score (nSPS) is 11.5. The standard InChI is InChI=1S/C18H30N4/c1-5-9-16(14-20-4)22-18-11-7-6-10-17(18)15(2)21-13-8-12-19-3/h6-7,10-11,19-21H,2,5,8-9,12-14H2,1,3-4H3. The van der Waals surface area contributed by atoms with E-state index in [4.69, 9.17) is 4.99 Å². The van der Waals surface area contributed by atoms with Crippen LogP contribution in [0.1, 0.15) is 31.7 Å². The van der Waals surface area contributed by atoms with Crippen molar-refractivity contribution in [2.24, 2.45) is 4.99 Å². The van der Waals surface area contributed by atoms with Gasteiger partial charge in [0.25, 0.3) is 0 Å². The van der Waals surface area contributed by atoms with Gasteiger partial charge >= 0.3 is 0 Å². The minimum absolute atomic E-state index is 0.824. The molecule has 122 valence electrons. The lowest BCUT2D eigenvalue weighted by atomic mass is 10.1. The zero-order valence-corrected chi connectivity index (χ0v) is 14.2. The van der Waals surface area contributed by atoms with E-state index < -0.39 is 0 Å².